The molecule has 138 valence electrons. The first-order valence-electron chi connectivity index (χ1n) is 8.85. The molecule has 1 saturated heterocycles. The van der Waals surface area contributed by atoms with Crippen molar-refractivity contribution in [3.63, 3.8) is 0 Å². The Bertz CT molecular complexity index is 822. The van der Waals surface area contributed by atoms with Crippen molar-refractivity contribution >= 4 is 17.9 Å². The first kappa shape index (κ1) is 18.5. The molecule has 0 bridgehead atoms. The Labute approximate surface area is 158 Å². The third-order valence-corrected chi connectivity index (χ3v) is 4.17. The zero-order chi connectivity index (χ0) is 18.9. The van der Waals surface area contributed by atoms with Gasteiger partial charge in [0.15, 0.2) is 0 Å². The van der Waals surface area contributed by atoms with E-state index >= 15 is 0 Å². The highest BCUT2D eigenvalue weighted by molar-refractivity contribution is 6.01. The van der Waals surface area contributed by atoms with Crippen LogP contribution in [0.3, 0.4) is 0 Å². The molecule has 7 nitrogen and oxygen atoms in total. The van der Waals surface area contributed by atoms with Crippen LogP contribution in [0.4, 0.5) is 5.95 Å². The van der Waals surface area contributed by atoms with Gasteiger partial charge in [0.1, 0.15) is 11.6 Å². The molecule has 0 atom stereocenters. The Balaban J connectivity index is 1.57. The van der Waals surface area contributed by atoms with Crippen molar-refractivity contribution < 1.29 is 9.53 Å². The number of carbonyl (C=O) groups excluding carboxylic acids is 1. The van der Waals surface area contributed by atoms with Gasteiger partial charge in [-0.3, -0.25) is 4.79 Å². The van der Waals surface area contributed by atoms with Crippen molar-refractivity contribution in [3.05, 3.63) is 59.4 Å². The highest BCUT2D eigenvalue weighted by atomic mass is 16.5. The summed E-state index contributed by atoms with van der Waals surface area (Å²) in [5.41, 5.74) is 1.78. The summed E-state index contributed by atoms with van der Waals surface area (Å²) in [7, 11) is 0. The van der Waals surface area contributed by atoms with Gasteiger partial charge in [0.2, 0.25) is 5.95 Å². The third kappa shape index (κ3) is 5.36. The van der Waals surface area contributed by atoms with Crippen LogP contribution in [0.2, 0.25) is 0 Å². The molecule has 0 radical (unpaired) electrons. The number of nitrogens with zero attached hydrogens (tertiary/aromatic N) is 4. The lowest BCUT2D eigenvalue weighted by Crippen LogP contribution is -2.37. The normalized spacial score (nSPS) is 14.5. The molecule has 0 aliphatic carbocycles. The minimum atomic E-state index is -0.398. The number of aromatic nitrogens is 2. The van der Waals surface area contributed by atoms with E-state index in [4.69, 9.17) is 4.74 Å². The van der Waals surface area contributed by atoms with Crippen LogP contribution in [0.15, 0.2) is 48.3 Å². The van der Waals surface area contributed by atoms with Gasteiger partial charge in [-0.15, -0.1) is 0 Å². The van der Waals surface area contributed by atoms with Crippen LogP contribution in [-0.2, 0) is 16.0 Å². The van der Waals surface area contributed by atoms with E-state index < -0.39 is 5.91 Å². The second-order valence-electron chi connectivity index (χ2n) is 6.08. The van der Waals surface area contributed by atoms with E-state index in [1.54, 1.807) is 12.4 Å². The number of amides is 1. The molecule has 27 heavy (non-hydrogen) atoms. The van der Waals surface area contributed by atoms with Crippen molar-refractivity contribution in [1.29, 1.82) is 5.26 Å². The van der Waals surface area contributed by atoms with E-state index in [9.17, 15) is 10.1 Å². The summed E-state index contributed by atoms with van der Waals surface area (Å²) in [5.74, 6) is 0.229. The maximum Gasteiger partial charge on any atom is 0.261 e. The topological polar surface area (TPSA) is 91.1 Å². The summed E-state index contributed by atoms with van der Waals surface area (Å²) in [5, 5.41) is 12.1. The van der Waals surface area contributed by atoms with Crippen molar-refractivity contribution in [2.75, 3.05) is 37.7 Å². The van der Waals surface area contributed by atoms with Gasteiger partial charge in [-0.1, -0.05) is 30.3 Å². The standard InChI is InChI=1S/C20H21N5O2/c21-13-18(19(26)22-7-6-16-4-2-1-3-5-16)12-17-14-23-20(24-15-17)25-8-10-27-11-9-25/h1-5,12,14-15H,6-11H2,(H,22,26)/b18-12+. The fourth-order valence-corrected chi connectivity index (χ4v) is 2.71. The number of ether oxygens (including phenoxy) is 1. The number of rotatable bonds is 6. The molecule has 0 unspecified atom stereocenters. The van der Waals surface area contributed by atoms with Crippen molar-refractivity contribution in [3.8, 4) is 6.07 Å². The summed E-state index contributed by atoms with van der Waals surface area (Å²) in [6.07, 6.45) is 5.45. The van der Waals surface area contributed by atoms with E-state index in [0.29, 0.717) is 37.7 Å². The van der Waals surface area contributed by atoms with Crippen molar-refractivity contribution in [2.45, 2.75) is 6.42 Å². The Kier molecular flexibility index (Phi) is 6.50. The largest absolute Gasteiger partial charge is 0.378 e. The minimum Gasteiger partial charge on any atom is -0.378 e. The molecule has 7 heteroatoms. The second kappa shape index (κ2) is 9.46. The van der Waals surface area contributed by atoms with E-state index in [0.717, 1.165) is 18.7 Å². The maximum atomic E-state index is 12.2. The summed E-state index contributed by atoms with van der Waals surface area (Å²) in [6.45, 7) is 3.29. The molecule has 1 fully saturated rings. The number of nitrogens with one attached hydrogen (secondary N) is 1. The predicted octanol–water partition coefficient (Wildman–Crippen LogP) is 1.58. The molecule has 2 heterocycles. The summed E-state index contributed by atoms with van der Waals surface area (Å²) in [4.78, 5) is 22.9. The quantitative estimate of drug-likeness (QED) is 0.619. The predicted molar refractivity (Wildman–Crippen MR) is 102 cm³/mol. The lowest BCUT2D eigenvalue weighted by Gasteiger charge is -2.26. The molecule has 1 amide bonds. The number of nitriles is 1. The van der Waals surface area contributed by atoms with Crippen LogP contribution in [0.25, 0.3) is 6.08 Å². The van der Waals surface area contributed by atoms with E-state index in [2.05, 4.69) is 15.3 Å². The van der Waals surface area contributed by atoms with Gasteiger partial charge in [-0.25, -0.2) is 9.97 Å². The van der Waals surface area contributed by atoms with Crippen LogP contribution in [-0.4, -0.2) is 48.7 Å². The highest BCUT2D eigenvalue weighted by Crippen LogP contribution is 2.11. The Morgan fingerprint density at radius 2 is 1.93 bits per heavy atom. The SMILES string of the molecule is N#C/C(=C\c1cnc(N2CCOCC2)nc1)C(=O)NCCc1ccccc1. The molecule has 1 aliphatic rings. The van der Waals surface area contributed by atoms with Gasteiger partial charge in [0, 0.05) is 37.6 Å². The van der Waals surface area contributed by atoms with Crippen molar-refractivity contribution in [1.82, 2.24) is 15.3 Å². The zero-order valence-corrected chi connectivity index (χ0v) is 15.0. The molecular weight excluding hydrogens is 342 g/mol. The minimum absolute atomic E-state index is 0.0331. The van der Waals surface area contributed by atoms with E-state index in [1.165, 1.54) is 6.08 Å². The van der Waals surface area contributed by atoms with Gasteiger partial charge in [0.05, 0.1) is 13.2 Å². The monoisotopic (exact) mass is 363 g/mol. The van der Waals surface area contributed by atoms with Gasteiger partial charge >= 0.3 is 0 Å². The number of anilines is 1. The molecule has 2 aromatic rings. The lowest BCUT2D eigenvalue weighted by atomic mass is 10.1. The Hall–Kier alpha value is -3.24. The third-order valence-electron chi connectivity index (χ3n) is 4.17. The van der Waals surface area contributed by atoms with Crippen LogP contribution in [0.1, 0.15) is 11.1 Å². The second-order valence-corrected chi connectivity index (χ2v) is 6.08. The number of benzene rings is 1. The van der Waals surface area contributed by atoms with Gasteiger partial charge in [0.25, 0.3) is 5.91 Å². The van der Waals surface area contributed by atoms with Crippen LogP contribution < -0.4 is 10.2 Å². The number of hydrogen-bond acceptors (Lipinski definition) is 6. The van der Waals surface area contributed by atoms with E-state index in [1.807, 2.05) is 41.3 Å². The Morgan fingerprint density at radius 1 is 1.22 bits per heavy atom. The molecular formula is C20H21N5O2. The van der Waals surface area contributed by atoms with Gasteiger partial charge in [-0.2, -0.15) is 5.26 Å². The fourth-order valence-electron chi connectivity index (χ4n) is 2.71. The summed E-state index contributed by atoms with van der Waals surface area (Å²) >= 11 is 0. The molecule has 0 spiro atoms. The number of hydrogen-bond donors (Lipinski definition) is 1. The first-order valence-corrected chi connectivity index (χ1v) is 8.85. The number of carbonyl (C=O) groups is 1. The average Bonchev–Trinajstić information content (AvgIpc) is 2.74. The smallest absolute Gasteiger partial charge is 0.261 e. The molecule has 1 aliphatic heterocycles. The Morgan fingerprint density at radius 3 is 2.59 bits per heavy atom. The van der Waals surface area contributed by atoms with Crippen LogP contribution in [0.5, 0.6) is 0 Å². The fraction of sp³-hybridized carbons (Fsp3) is 0.300. The lowest BCUT2D eigenvalue weighted by molar-refractivity contribution is -0.117. The highest BCUT2D eigenvalue weighted by Gasteiger charge is 2.14. The van der Waals surface area contributed by atoms with Gasteiger partial charge < -0.3 is 15.0 Å². The molecule has 1 N–H and O–H groups in total. The van der Waals surface area contributed by atoms with E-state index in [-0.39, 0.29) is 5.57 Å². The maximum absolute atomic E-state index is 12.2. The van der Waals surface area contributed by atoms with Gasteiger partial charge in [-0.05, 0) is 18.1 Å². The average molecular weight is 363 g/mol. The summed E-state index contributed by atoms with van der Waals surface area (Å²) < 4.78 is 5.31. The molecule has 1 aromatic carbocycles. The number of morpholine rings is 1. The van der Waals surface area contributed by atoms with Crippen LogP contribution >= 0.6 is 0 Å². The molecule has 3 rings (SSSR count). The summed E-state index contributed by atoms with van der Waals surface area (Å²) in [6, 6.07) is 11.8. The van der Waals surface area contributed by atoms with Crippen LogP contribution in [0, 0.1) is 11.3 Å². The van der Waals surface area contributed by atoms with Crippen molar-refractivity contribution in [2.24, 2.45) is 0 Å². The molecule has 0 saturated carbocycles. The molecule has 1 aromatic heterocycles. The zero-order valence-electron chi connectivity index (χ0n) is 15.0. The first-order chi connectivity index (χ1) is 13.3.